The molecule has 0 radical (unpaired) electrons. The Morgan fingerprint density at radius 3 is 2.57 bits per heavy atom. The lowest BCUT2D eigenvalue weighted by atomic mass is 9.93. The predicted molar refractivity (Wildman–Crippen MR) is 105 cm³/mol. The maximum Gasteiger partial charge on any atom is 0.258 e. The van der Waals surface area contributed by atoms with Crippen LogP contribution in [-0.4, -0.2) is 91.0 Å². The number of aliphatic hydroxyl groups is 1. The number of aryl methyl sites for hydroxylation is 2. The molecule has 4 rings (SSSR count). The largest absolute Gasteiger partial charge is 0.465 e. The summed E-state index contributed by atoms with van der Waals surface area (Å²) < 4.78 is 5.77. The van der Waals surface area contributed by atoms with E-state index in [0.29, 0.717) is 42.2 Å². The highest BCUT2D eigenvalue weighted by Gasteiger charge is 2.39. The zero-order valence-corrected chi connectivity index (χ0v) is 16.9. The van der Waals surface area contributed by atoms with Crippen LogP contribution in [0, 0.1) is 18.8 Å². The molecule has 0 aromatic carbocycles. The minimum Gasteiger partial charge on any atom is -0.465 e. The standard InChI is InChI=1S/C21H31N3O4/c1-14-19(20-17(26)4-3-5-18(20)28-14)21(27)24-11-15(16(12-24)13-25)10-23-8-6-22(2)7-9-23/h15-16,25H,3-13H2,1-2H3. The van der Waals surface area contributed by atoms with Crippen LogP contribution in [0.3, 0.4) is 0 Å². The van der Waals surface area contributed by atoms with Crippen LogP contribution in [0.5, 0.6) is 0 Å². The van der Waals surface area contributed by atoms with Gasteiger partial charge in [0, 0.05) is 71.2 Å². The van der Waals surface area contributed by atoms with Crippen molar-refractivity contribution in [1.82, 2.24) is 14.7 Å². The quantitative estimate of drug-likeness (QED) is 0.829. The van der Waals surface area contributed by atoms with Gasteiger partial charge in [0.2, 0.25) is 0 Å². The van der Waals surface area contributed by atoms with Gasteiger partial charge in [-0.15, -0.1) is 0 Å². The molecule has 3 heterocycles. The average molecular weight is 389 g/mol. The van der Waals surface area contributed by atoms with Crippen LogP contribution in [0.2, 0.25) is 0 Å². The molecule has 28 heavy (non-hydrogen) atoms. The fourth-order valence-corrected chi connectivity index (χ4v) is 4.90. The Kier molecular flexibility index (Phi) is 5.58. The molecule has 1 aromatic rings. The first-order chi connectivity index (χ1) is 13.5. The summed E-state index contributed by atoms with van der Waals surface area (Å²) in [6, 6.07) is 0. The molecule has 1 N–H and O–H groups in total. The lowest BCUT2D eigenvalue weighted by molar-refractivity contribution is 0.0769. The van der Waals surface area contributed by atoms with Crippen molar-refractivity contribution in [3.05, 3.63) is 22.6 Å². The fourth-order valence-electron chi connectivity index (χ4n) is 4.90. The van der Waals surface area contributed by atoms with Crippen molar-refractivity contribution in [2.75, 3.05) is 59.5 Å². The van der Waals surface area contributed by atoms with Gasteiger partial charge in [0.15, 0.2) is 5.78 Å². The van der Waals surface area contributed by atoms with Crippen molar-refractivity contribution in [1.29, 1.82) is 0 Å². The van der Waals surface area contributed by atoms with Crippen LogP contribution in [-0.2, 0) is 6.42 Å². The molecule has 0 bridgehead atoms. The summed E-state index contributed by atoms with van der Waals surface area (Å²) in [7, 11) is 2.14. The lowest BCUT2D eigenvalue weighted by Crippen LogP contribution is -2.47. The first-order valence-corrected chi connectivity index (χ1v) is 10.4. The van der Waals surface area contributed by atoms with Gasteiger partial charge in [0.1, 0.15) is 11.5 Å². The highest BCUT2D eigenvalue weighted by atomic mass is 16.3. The number of hydrogen-bond acceptors (Lipinski definition) is 6. The topological polar surface area (TPSA) is 77.2 Å². The minimum absolute atomic E-state index is 0.0216. The second kappa shape index (κ2) is 7.97. The lowest BCUT2D eigenvalue weighted by Gasteiger charge is -2.34. The van der Waals surface area contributed by atoms with E-state index in [-0.39, 0.29) is 30.1 Å². The summed E-state index contributed by atoms with van der Waals surface area (Å²) >= 11 is 0. The number of amides is 1. The van der Waals surface area contributed by atoms with Gasteiger partial charge in [-0.3, -0.25) is 9.59 Å². The van der Waals surface area contributed by atoms with Gasteiger partial charge < -0.3 is 24.2 Å². The third-order valence-electron chi connectivity index (χ3n) is 6.64. The number of fused-ring (bicyclic) bond motifs is 1. The SMILES string of the molecule is Cc1oc2c(c1C(=O)N1CC(CO)C(CN3CCN(C)CC3)C1)C(=O)CCC2. The van der Waals surface area contributed by atoms with Crippen LogP contribution < -0.4 is 0 Å². The normalized spacial score (nSPS) is 26.7. The van der Waals surface area contributed by atoms with Gasteiger partial charge in [-0.2, -0.15) is 0 Å². The number of rotatable bonds is 4. The highest BCUT2D eigenvalue weighted by Crippen LogP contribution is 2.33. The number of aliphatic hydroxyl groups excluding tert-OH is 1. The molecular weight excluding hydrogens is 358 g/mol. The Balaban J connectivity index is 1.49. The van der Waals surface area contributed by atoms with E-state index in [4.69, 9.17) is 4.42 Å². The summed E-state index contributed by atoms with van der Waals surface area (Å²) in [5.74, 6) is 1.47. The number of ketones is 1. The molecule has 2 unspecified atom stereocenters. The molecule has 0 spiro atoms. The number of likely N-dealkylation sites (N-methyl/N-ethyl adjacent to an activating group) is 1. The van der Waals surface area contributed by atoms with Crippen molar-refractivity contribution in [3.8, 4) is 0 Å². The first kappa shape index (κ1) is 19.6. The zero-order valence-electron chi connectivity index (χ0n) is 16.9. The van der Waals surface area contributed by atoms with Crippen molar-refractivity contribution < 1.29 is 19.1 Å². The molecule has 1 aliphatic carbocycles. The van der Waals surface area contributed by atoms with Crippen LogP contribution in [0.1, 0.15) is 45.1 Å². The Hall–Kier alpha value is -1.70. The van der Waals surface area contributed by atoms with E-state index in [2.05, 4.69) is 16.8 Å². The molecule has 2 atom stereocenters. The number of furan rings is 1. The molecule has 7 nitrogen and oxygen atoms in total. The number of piperazine rings is 1. The Bertz CT molecular complexity index is 751. The molecule has 7 heteroatoms. The Morgan fingerprint density at radius 2 is 1.86 bits per heavy atom. The maximum atomic E-state index is 13.3. The molecule has 3 aliphatic rings. The van der Waals surface area contributed by atoms with Gasteiger partial charge in [-0.25, -0.2) is 0 Å². The van der Waals surface area contributed by atoms with Gasteiger partial charge in [0.05, 0.1) is 11.1 Å². The van der Waals surface area contributed by atoms with Crippen LogP contribution in [0.25, 0.3) is 0 Å². The number of carbonyl (C=O) groups excluding carboxylic acids is 2. The number of hydrogen-bond donors (Lipinski definition) is 1. The molecule has 2 fully saturated rings. The van der Waals surface area contributed by atoms with E-state index in [0.717, 1.165) is 45.6 Å². The summed E-state index contributed by atoms with van der Waals surface area (Å²) in [5.41, 5.74) is 0.966. The number of carbonyl (C=O) groups is 2. The average Bonchev–Trinajstić information content (AvgIpc) is 3.24. The van der Waals surface area contributed by atoms with E-state index in [9.17, 15) is 14.7 Å². The molecule has 1 amide bonds. The van der Waals surface area contributed by atoms with Gasteiger partial charge >= 0.3 is 0 Å². The second-order valence-electron chi connectivity index (χ2n) is 8.62. The minimum atomic E-state index is -0.114. The van der Waals surface area contributed by atoms with Gasteiger partial charge in [-0.1, -0.05) is 0 Å². The highest BCUT2D eigenvalue weighted by molar-refractivity contribution is 6.10. The fraction of sp³-hybridized carbons (Fsp3) is 0.714. The molecule has 0 saturated carbocycles. The van der Waals surface area contributed by atoms with E-state index in [1.165, 1.54) is 0 Å². The van der Waals surface area contributed by atoms with Crippen molar-refractivity contribution in [2.45, 2.75) is 26.2 Å². The summed E-state index contributed by atoms with van der Waals surface area (Å²) in [5, 5.41) is 9.89. The number of likely N-dealkylation sites (tertiary alicyclic amines) is 1. The summed E-state index contributed by atoms with van der Waals surface area (Å²) in [6.07, 6.45) is 1.99. The third kappa shape index (κ3) is 3.63. The maximum absolute atomic E-state index is 13.3. The first-order valence-electron chi connectivity index (χ1n) is 10.4. The van der Waals surface area contributed by atoms with Crippen LogP contribution in [0.15, 0.2) is 4.42 Å². The van der Waals surface area contributed by atoms with E-state index < -0.39 is 0 Å². The van der Waals surface area contributed by atoms with Crippen molar-refractivity contribution in [2.24, 2.45) is 11.8 Å². The van der Waals surface area contributed by atoms with Crippen LogP contribution >= 0.6 is 0 Å². The van der Waals surface area contributed by atoms with Gasteiger partial charge in [0.25, 0.3) is 5.91 Å². The van der Waals surface area contributed by atoms with Crippen molar-refractivity contribution >= 4 is 11.7 Å². The third-order valence-corrected chi connectivity index (χ3v) is 6.64. The zero-order chi connectivity index (χ0) is 19.8. The Labute approximate surface area is 166 Å². The molecular formula is C21H31N3O4. The van der Waals surface area contributed by atoms with E-state index in [1.54, 1.807) is 6.92 Å². The molecule has 1 aromatic heterocycles. The van der Waals surface area contributed by atoms with E-state index >= 15 is 0 Å². The summed E-state index contributed by atoms with van der Waals surface area (Å²) in [4.78, 5) is 32.3. The molecule has 2 saturated heterocycles. The van der Waals surface area contributed by atoms with E-state index in [1.807, 2.05) is 4.90 Å². The molecule has 2 aliphatic heterocycles. The number of nitrogens with zero attached hydrogens (tertiary/aromatic N) is 3. The number of Topliss-reactive ketones (excluding diaryl/α,β-unsaturated/α-hetero) is 1. The second-order valence-corrected chi connectivity index (χ2v) is 8.62. The monoisotopic (exact) mass is 389 g/mol. The molecule has 154 valence electrons. The summed E-state index contributed by atoms with van der Waals surface area (Å²) in [6.45, 7) is 8.12. The Morgan fingerprint density at radius 1 is 1.14 bits per heavy atom. The smallest absolute Gasteiger partial charge is 0.258 e. The van der Waals surface area contributed by atoms with Crippen molar-refractivity contribution in [3.63, 3.8) is 0 Å². The van der Waals surface area contributed by atoms with Crippen LogP contribution in [0.4, 0.5) is 0 Å². The predicted octanol–water partition coefficient (Wildman–Crippen LogP) is 1.03. The van der Waals surface area contributed by atoms with Gasteiger partial charge in [-0.05, 0) is 26.3 Å².